The minimum atomic E-state index is 0.282. The molecule has 0 bridgehead atoms. The predicted molar refractivity (Wildman–Crippen MR) is 49.2 cm³/mol. The van der Waals surface area contributed by atoms with Crippen molar-refractivity contribution in [3.05, 3.63) is 23.3 Å². The van der Waals surface area contributed by atoms with Gasteiger partial charge in [0.25, 0.3) is 0 Å². The minimum Gasteiger partial charge on any atom is -0.454 e. The molecule has 0 unspecified atom stereocenters. The smallest absolute Gasteiger partial charge is 0.231 e. The van der Waals surface area contributed by atoms with Crippen molar-refractivity contribution < 1.29 is 14.7 Å². The van der Waals surface area contributed by atoms with Crippen LogP contribution in [-0.4, -0.2) is 17.7 Å². The molecule has 0 saturated heterocycles. The van der Waals surface area contributed by atoms with Gasteiger partial charge in [-0.1, -0.05) is 5.16 Å². The first-order valence-corrected chi connectivity index (χ1v) is 4.52. The average molecular weight is 191 g/mol. The quantitative estimate of drug-likeness (QED) is 0.500. The summed E-state index contributed by atoms with van der Waals surface area (Å²) in [5.74, 6) is 1.54. The summed E-state index contributed by atoms with van der Waals surface area (Å²) >= 11 is 0. The Morgan fingerprint density at radius 3 is 2.71 bits per heavy atom. The van der Waals surface area contributed by atoms with Crippen LogP contribution in [0.15, 0.2) is 17.3 Å². The van der Waals surface area contributed by atoms with Gasteiger partial charge in [0, 0.05) is 5.56 Å². The van der Waals surface area contributed by atoms with Crippen LogP contribution >= 0.6 is 0 Å². The van der Waals surface area contributed by atoms with E-state index in [2.05, 4.69) is 5.16 Å². The van der Waals surface area contributed by atoms with Crippen molar-refractivity contribution in [3.8, 4) is 11.5 Å². The summed E-state index contributed by atoms with van der Waals surface area (Å²) in [5.41, 5.74) is 2.89. The van der Waals surface area contributed by atoms with Gasteiger partial charge in [0.2, 0.25) is 6.79 Å². The number of rotatable bonds is 0. The third-order valence-electron chi connectivity index (χ3n) is 2.66. The molecule has 0 aromatic heterocycles. The van der Waals surface area contributed by atoms with Gasteiger partial charge in [-0.3, -0.25) is 0 Å². The number of benzene rings is 1. The Balaban J connectivity index is 2.18. The van der Waals surface area contributed by atoms with E-state index in [1.165, 1.54) is 5.56 Å². The normalized spacial score (nSPS) is 20.1. The molecule has 0 radical (unpaired) electrons. The van der Waals surface area contributed by atoms with Gasteiger partial charge in [0.1, 0.15) is 0 Å². The first kappa shape index (κ1) is 7.67. The van der Waals surface area contributed by atoms with Crippen LogP contribution in [0.5, 0.6) is 11.5 Å². The van der Waals surface area contributed by atoms with Gasteiger partial charge in [0.15, 0.2) is 11.5 Å². The van der Waals surface area contributed by atoms with Crippen LogP contribution < -0.4 is 9.47 Å². The molecule has 1 aromatic rings. The Hall–Kier alpha value is -1.71. The molecule has 1 N–H and O–H groups in total. The maximum Gasteiger partial charge on any atom is 0.231 e. The monoisotopic (exact) mass is 191 g/mol. The molecule has 2 aliphatic rings. The van der Waals surface area contributed by atoms with Crippen molar-refractivity contribution in [2.24, 2.45) is 5.16 Å². The molecule has 0 spiro atoms. The molecule has 1 aliphatic heterocycles. The molecule has 14 heavy (non-hydrogen) atoms. The number of hydrogen-bond donors (Lipinski definition) is 1. The zero-order chi connectivity index (χ0) is 9.54. The minimum absolute atomic E-state index is 0.282. The average Bonchev–Trinajstić information content (AvgIpc) is 2.78. The lowest BCUT2D eigenvalue weighted by Crippen LogP contribution is -1.94. The summed E-state index contributed by atoms with van der Waals surface area (Å²) in [6.07, 6.45) is 1.69. The zero-order valence-corrected chi connectivity index (χ0v) is 7.49. The second kappa shape index (κ2) is 2.64. The fourth-order valence-corrected chi connectivity index (χ4v) is 1.95. The van der Waals surface area contributed by atoms with Crippen LogP contribution in [0, 0.1) is 0 Å². The van der Waals surface area contributed by atoms with E-state index in [0.29, 0.717) is 0 Å². The lowest BCUT2D eigenvalue weighted by atomic mass is 10.1. The first-order chi connectivity index (χ1) is 6.88. The molecule has 4 nitrogen and oxygen atoms in total. The third kappa shape index (κ3) is 0.907. The molecule has 3 rings (SSSR count). The molecule has 72 valence electrons. The van der Waals surface area contributed by atoms with Crippen molar-refractivity contribution in [2.45, 2.75) is 12.8 Å². The molecule has 0 fully saturated rings. The van der Waals surface area contributed by atoms with E-state index < -0.39 is 0 Å². The van der Waals surface area contributed by atoms with Crippen LogP contribution in [0.1, 0.15) is 17.5 Å². The van der Waals surface area contributed by atoms with Crippen LogP contribution in [0.4, 0.5) is 0 Å². The van der Waals surface area contributed by atoms with E-state index in [-0.39, 0.29) is 6.79 Å². The van der Waals surface area contributed by atoms with Gasteiger partial charge in [-0.25, -0.2) is 0 Å². The fraction of sp³-hybridized carbons (Fsp3) is 0.300. The second-order valence-electron chi connectivity index (χ2n) is 3.41. The number of aryl methyl sites for hydroxylation is 1. The summed E-state index contributed by atoms with van der Waals surface area (Å²) in [7, 11) is 0. The third-order valence-corrected chi connectivity index (χ3v) is 2.66. The molecule has 1 aliphatic carbocycles. The SMILES string of the molecule is O/N=C1\CCc2cc3c(cc21)OCO3. The number of oxime groups is 1. The van der Waals surface area contributed by atoms with E-state index in [9.17, 15) is 0 Å². The molecule has 1 heterocycles. The second-order valence-corrected chi connectivity index (χ2v) is 3.41. The number of nitrogens with zero attached hydrogens (tertiary/aromatic N) is 1. The zero-order valence-electron chi connectivity index (χ0n) is 7.49. The van der Waals surface area contributed by atoms with Gasteiger partial charge in [0.05, 0.1) is 5.71 Å². The predicted octanol–water partition coefficient (Wildman–Crippen LogP) is 1.54. The number of fused-ring (bicyclic) bond motifs is 2. The molecule has 0 saturated carbocycles. The van der Waals surface area contributed by atoms with E-state index in [1.54, 1.807) is 0 Å². The Bertz CT molecular complexity index is 426. The molecular weight excluding hydrogens is 182 g/mol. The Kier molecular flexibility index (Phi) is 1.45. The number of ether oxygens (including phenoxy) is 2. The van der Waals surface area contributed by atoms with E-state index in [1.807, 2.05) is 12.1 Å². The molecule has 1 aromatic carbocycles. The lowest BCUT2D eigenvalue weighted by molar-refractivity contribution is 0.174. The summed E-state index contributed by atoms with van der Waals surface area (Å²) in [5, 5.41) is 12.1. The molecule has 0 amide bonds. The Morgan fingerprint density at radius 2 is 1.93 bits per heavy atom. The van der Waals surface area contributed by atoms with Crippen molar-refractivity contribution >= 4 is 5.71 Å². The largest absolute Gasteiger partial charge is 0.454 e. The van der Waals surface area contributed by atoms with Crippen molar-refractivity contribution in [1.29, 1.82) is 0 Å². The summed E-state index contributed by atoms with van der Waals surface area (Å²) in [6, 6.07) is 3.86. The van der Waals surface area contributed by atoms with Gasteiger partial charge >= 0.3 is 0 Å². The standard InChI is InChI=1S/C10H9NO3/c12-11-8-2-1-6-3-9-10(4-7(6)8)14-5-13-9/h3-4,12H,1-2,5H2/b11-8+. The summed E-state index contributed by atoms with van der Waals surface area (Å²) in [4.78, 5) is 0. The highest BCUT2D eigenvalue weighted by atomic mass is 16.7. The van der Waals surface area contributed by atoms with E-state index in [0.717, 1.165) is 35.6 Å². The van der Waals surface area contributed by atoms with E-state index in [4.69, 9.17) is 14.7 Å². The Labute approximate surface area is 80.8 Å². The maximum atomic E-state index is 8.78. The Morgan fingerprint density at radius 1 is 1.14 bits per heavy atom. The molecular formula is C10H9NO3. The molecule has 4 heteroatoms. The lowest BCUT2D eigenvalue weighted by Gasteiger charge is -2.01. The topological polar surface area (TPSA) is 51.1 Å². The highest BCUT2D eigenvalue weighted by Gasteiger charge is 2.24. The van der Waals surface area contributed by atoms with Gasteiger partial charge < -0.3 is 14.7 Å². The first-order valence-electron chi connectivity index (χ1n) is 4.52. The highest BCUT2D eigenvalue weighted by Crippen LogP contribution is 2.37. The number of hydrogen-bond acceptors (Lipinski definition) is 4. The van der Waals surface area contributed by atoms with Gasteiger partial charge in [-0.05, 0) is 30.5 Å². The highest BCUT2D eigenvalue weighted by molar-refractivity contribution is 6.04. The van der Waals surface area contributed by atoms with Crippen LogP contribution in [0.2, 0.25) is 0 Å². The van der Waals surface area contributed by atoms with Crippen LogP contribution in [-0.2, 0) is 6.42 Å². The van der Waals surface area contributed by atoms with E-state index >= 15 is 0 Å². The van der Waals surface area contributed by atoms with Crippen molar-refractivity contribution in [2.75, 3.05) is 6.79 Å². The van der Waals surface area contributed by atoms with Crippen LogP contribution in [0.25, 0.3) is 0 Å². The van der Waals surface area contributed by atoms with Gasteiger partial charge in [-0.15, -0.1) is 0 Å². The fourth-order valence-electron chi connectivity index (χ4n) is 1.95. The molecule has 0 atom stereocenters. The van der Waals surface area contributed by atoms with Crippen molar-refractivity contribution in [3.63, 3.8) is 0 Å². The summed E-state index contributed by atoms with van der Waals surface area (Å²) in [6.45, 7) is 0.282. The van der Waals surface area contributed by atoms with Crippen LogP contribution in [0.3, 0.4) is 0 Å². The maximum absolute atomic E-state index is 8.78. The van der Waals surface area contributed by atoms with Gasteiger partial charge in [-0.2, -0.15) is 0 Å². The summed E-state index contributed by atoms with van der Waals surface area (Å²) < 4.78 is 10.5. The van der Waals surface area contributed by atoms with Crippen molar-refractivity contribution in [1.82, 2.24) is 0 Å².